The molecule has 2 aromatic carbocycles. The maximum atomic E-state index is 12.4. The van der Waals surface area contributed by atoms with Gasteiger partial charge in [0.25, 0.3) is 5.91 Å². The van der Waals surface area contributed by atoms with Gasteiger partial charge in [0.15, 0.2) is 5.69 Å². The molecule has 0 aliphatic carbocycles. The summed E-state index contributed by atoms with van der Waals surface area (Å²) in [7, 11) is 0. The van der Waals surface area contributed by atoms with E-state index in [-0.39, 0.29) is 17.6 Å². The fourth-order valence-electron chi connectivity index (χ4n) is 3.05. The zero-order valence-corrected chi connectivity index (χ0v) is 18.0. The van der Waals surface area contributed by atoms with Gasteiger partial charge in [-0.15, -0.1) is 16.4 Å². The third-order valence-corrected chi connectivity index (χ3v) is 6.36. The number of carbonyl (C=O) groups excluding carboxylic acids is 2. The van der Waals surface area contributed by atoms with Crippen LogP contribution in [0.25, 0.3) is 21.8 Å². The summed E-state index contributed by atoms with van der Waals surface area (Å²) in [5.74, 6) is -0.850. The second kappa shape index (κ2) is 8.71. The number of fused-ring (bicyclic) bond motifs is 1. The fraction of sp³-hybridized carbons (Fsp3) is 0.0909. The first-order valence-electron chi connectivity index (χ1n) is 9.40. The van der Waals surface area contributed by atoms with Crippen LogP contribution in [0.3, 0.4) is 0 Å². The van der Waals surface area contributed by atoms with Crippen molar-refractivity contribution < 1.29 is 9.59 Å². The number of rotatable bonds is 6. The number of nitrogens with one attached hydrogen (secondary N) is 1. The minimum absolute atomic E-state index is 0.0928. The summed E-state index contributed by atoms with van der Waals surface area (Å²) >= 11 is 7.96. The summed E-state index contributed by atoms with van der Waals surface area (Å²) in [6.45, 7) is 1.90. The number of carbonyl (C=O) groups is 2. The summed E-state index contributed by atoms with van der Waals surface area (Å²) in [6, 6.07) is 15.1. The molecular weight excluding hydrogens is 434 g/mol. The van der Waals surface area contributed by atoms with Gasteiger partial charge in [0, 0.05) is 21.0 Å². The molecule has 2 heterocycles. The van der Waals surface area contributed by atoms with E-state index in [0.717, 1.165) is 26.2 Å². The quantitative estimate of drug-likeness (QED) is 0.430. The Morgan fingerprint density at radius 2 is 1.94 bits per heavy atom. The lowest BCUT2D eigenvalue weighted by molar-refractivity contribution is -0.117. The van der Waals surface area contributed by atoms with Gasteiger partial charge in [-0.3, -0.25) is 9.59 Å². The highest BCUT2D eigenvalue weighted by atomic mass is 35.5. The summed E-state index contributed by atoms with van der Waals surface area (Å²) < 4.78 is 2.54. The van der Waals surface area contributed by atoms with Crippen molar-refractivity contribution in [2.45, 2.75) is 13.0 Å². The maximum absolute atomic E-state index is 12.4. The van der Waals surface area contributed by atoms with Gasteiger partial charge in [0.1, 0.15) is 0 Å². The second-order valence-electron chi connectivity index (χ2n) is 6.84. The SMILES string of the molecule is CC(NC(=O)C=Cc1sc2ccccc2c1Cl)c1ccc(-n2cc(C(N)=O)nn2)cc1. The molecule has 1 unspecified atom stereocenters. The molecule has 0 bridgehead atoms. The van der Waals surface area contributed by atoms with Gasteiger partial charge in [-0.1, -0.05) is 47.1 Å². The number of halogens is 1. The molecule has 31 heavy (non-hydrogen) atoms. The molecule has 2 amide bonds. The van der Waals surface area contributed by atoms with Crippen LogP contribution in [0, 0.1) is 0 Å². The lowest BCUT2D eigenvalue weighted by Gasteiger charge is -2.13. The van der Waals surface area contributed by atoms with E-state index in [4.69, 9.17) is 17.3 Å². The monoisotopic (exact) mass is 451 g/mol. The van der Waals surface area contributed by atoms with Gasteiger partial charge in [-0.2, -0.15) is 0 Å². The normalized spacial score (nSPS) is 12.3. The first-order chi connectivity index (χ1) is 14.9. The maximum Gasteiger partial charge on any atom is 0.270 e. The average molecular weight is 452 g/mol. The van der Waals surface area contributed by atoms with E-state index in [2.05, 4.69) is 15.6 Å². The molecule has 2 aromatic heterocycles. The van der Waals surface area contributed by atoms with Crippen molar-refractivity contribution in [3.63, 3.8) is 0 Å². The molecule has 0 saturated carbocycles. The molecule has 9 heteroatoms. The Labute approximate surface area is 187 Å². The Hall–Kier alpha value is -3.49. The van der Waals surface area contributed by atoms with Crippen molar-refractivity contribution >= 4 is 50.9 Å². The molecule has 0 fully saturated rings. The van der Waals surface area contributed by atoms with E-state index in [1.165, 1.54) is 17.0 Å². The number of aromatic nitrogens is 3. The van der Waals surface area contributed by atoms with Crippen molar-refractivity contribution in [1.29, 1.82) is 0 Å². The van der Waals surface area contributed by atoms with Crippen LogP contribution in [0.5, 0.6) is 0 Å². The standard InChI is InChI=1S/C22H18ClN5O2S/c1-13(14-6-8-15(9-7-14)28-12-17(22(24)30)26-27-28)25-20(29)11-10-19-21(23)16-4-2-3-5-18(16)31-19/h2-13H,1H3,(H2,24,30)(H,25,29). The predicted octanol–water partition coefficient (Wildman–Crippen LogP) is 4.12. The van der Waals surface area contributed by atoms with Gasteiger partial charge in [0.05, 0.1) is 22.9 Å². The van der Waals surface area contributed by atoms with Gasteiger partial charge in [-0.05, 0) is 36.8 Å². The average Bonchev–Trinajstić information content (AvgIpc) is 3.38. The van der Waals surface area contributed by atoms with Crippen molar-refractivity contribution in [3.8, 4) is 5.69 Å². The Morgan fingerprint density at radius 3 is 2.61 bits per heavy atom. The summed E-state index contributed by atoms with van der Waals surface area (Å²) in [5.41, 5.74) is 6.93. The van der Waals surface area contributed by atoms with Crippen LogP contribution in [0.1, 0.15) is 33.9 Å². The van der Waals surface area contributed by atoms with Crippen LogP contribution < -0.4 is 11.1 Å². The number of benzene rings is 2. The van der Waals surface area contributed by atoms with E-state index in [9.17, 15) is 9.59 Å². The van der Waals surface area contributed by atoms with Crippen LogP contribution in [0.15, 0.2) is 60.8 Å². The number of thiophene rings is 1. The smallest absolute Gasteiger partial charge is 0.270 e. The molecular formula is C22H18ClN5O2S. The van der Waals surface area contributed by atoms with E-state index in [1.54, 1.807) is 17.4 Å². The molecule has 0 aliphatic rings. The molecule has 3 N–H and O–H groups in total. The van der Waals surface area contributed by atoms with Gasteiger partial charge in [0.2, 0.25) is 5.91 Å². The number of hydrogen-bond donors (Lipinski definition) is 2. The number of amides is 2. The molecule has 4 rings (SSSR count). The second-order valence-corrected chi connectivity index (χ2v) is 8.31. The largest absolute Gasteiger partial charge is 0.364 e. The van der Waals surface area contributed by atoms with Gasteiger partial charge >= 0.3 is 0 Å². The summed E-state index contributed by atoms with van der Waals surface area (Å²) in [4.78, 5) is 24.4. The van der Waals surface area contributed by atoms with Crippen LogP contribution >= 0.6 is 22.9 Å². The van der Waals surface area contributed by atoms with E-state index in [0.29, 0.717) is 5.02 Å². The Morgan fingerprint density at radius 1 is 1.19 bits per heavy atom. The highest BCUT2D eigenvalue weighted by Gasteiger charge is 2.11. The number of primary amides is 1. The summed E-state index contributed by atoms with van der Waals surface area (Å²) in [6.07, 6.45) is 4.69. The number of hydrogen-bond acceptors (Lipinski definition) is 5. The topological polar surface area (TPSA) is 103 Å². The Balaban J connectivity index is 1.41. The minimum Gasteiger partial charge on any atom is -0.364 e. The summed E-state index contributed by atoms with van der Waals surface area (Å²) in [5, 5.41) is 12.2. The lowest BCUT2D eigenvalue weighted by Crippen LogP contribution is -2.24. The van der Waals surface area contributed by atoms with Crippen LogP contribution in [0.4, 0.5) is 0 Å². The van der Waals surface area contributed by atoms with Gasteiger partial charge in [-0.25, -0.2) is 4.68 Å². The zero-order chi connectivity index (χ0) is 22.0. The molecule has 7 nitrogen and oxygen atoms in total. The Kier molecular flexibility index (Phi) is 5.83. The molecule has 0 aliphatic heterocycles. The van der Waals surface area contributed by atoms with E-state index < -0.39 is 5.91 Å². The molecule has 4 aromatic rings. The van der Waals surface area contributed by atoms with Crippen molar-refractivity contribution in [2.24, 2.45) is 5.73 Å². The fourth-order valence-corrected chi connectivity index (χ4v) is 4.45. The molecule has 156 valence electrons. The highest BCUT2D eigenvalue weighted by Crippen LogP contribution is 2.35. The third-order valence-electron chi connectivity index (χ3n) is 4.71. The predicted molar refractivity (Wildman–Crippen MR) is 122 cm³/mol. The van der Waals surface area contributed by atoms with Crippen LogP contribution in [-0.2, 0) is 4.79 Å². The molecule has 1 atom stereocenters. The first-order valence-corrected chi connectivity index (χ1v) is 10.6. The molecule has 0 saturated heterocycles. The highest BCUT2D eigenvalue weighted by molar-refractivity contribution is 7.20. The van der Waals surface area contributed by atoms with E-state index >= 15 is 0 Å². The number of nitrogens with two attached hydrogens (primary N) is 1. The molecule has 0 spiro atoms. The van der Waals surface area contributed by atoms with Crippen molar-refractivity contribution in [2.75, 3.05) is 0 Å². The van der Waals surface area contributed by atoms with Crippen LogP contribution in [0.2, 0.25) is 5.02 Å². The third kappa shape index (κ3) is 4.50. The zero-order valence-electron chi connectivity index (χ0n) is 16.4. The molecule has 0 radical (unpaired) electrons. The Bertz CT molecular complexity index is 1290. The van der Waals surface area contributed by atoms with Crippen molar-refractivity contribution in [1.82, 2.24) is 20.3 Å². The lowest BCUT2D eigenvalue weighted by atomic mass is 10.1. The minimum atomic E-state index is -0.635. The van der Waals surface area contributed by atoms with Crippen molar-refractivity contribution in [3.05, 3.63) is 82.0 Å². The first kappa shape index (κ1) is 20.8. The van der Waals surface area contributed by atoms with E-state index in [1.807, 2.05) is 55.5 Å². The van der Waals surface area contributed by atoms with Crippen LogP contribution in [-0.4, -0.2) is 26.8 Å². The number of nitrogens with zero attached hydrogens (tertiary/aromatic N) is 3. The van der Waals surface area contributed by atoms with Gasteiger partial charge < -0.3 is 11.1 Å².